The molecule has 2 aromatic carbocycles. The van der Waals surface area contributed by atoms with Crippen molar-refractivity contribution in [3.8, 4) is 0 Å². The molecule has 1 nitrogen and oxygen atoms in total. The Balaban J connectivity index is 1.96. The third-order valence-electron chi connectivity index (χ3n) is 4.90. The zero-order chi connectivity index (χ0) is 14.5. The smallest absolute Gasteiger partial charge is 0.0136 e. The van der Waals surface area contributed by atoms with Crippen molar-refractivity contribution in [3.05, 3.63) is 48.0 Å². The van der Waals surface area contributed by atoms with Gasteiger partial charge >= 0.3 is 0 Å². The number of fused-ring (bicyclic) bond motifs is 1. The monoisotopic (exact) mass is 281 g/mol. The summed E-state index contributed by atoms with van der Waals surface area (Å²) in [6, 6.07) is 16.3. The molecule has 1 aliphatic rings. The minimum atomic E-state index is 0.651. The first-order valence-electron chi connectivity index (χ1n) is 8.61. The van der Waals surface area contributed by atoms with Gasteiger partial charge in [0, 0.05) is 6.04 Å². The van der Waals surface area contributed by atoms with E-state index >= 15 is 0 Å². The molecule has 1 fully saturated rings. The van der Waals surface area contributed by atoms with Gasteiger partial charge in [0.05, 0.1) is 0 Å². The normalized spacial score (nSPS) is 23.1. The van der Waals surface area contributed by atoms with E-state index in [1.54, 1.807) is 5.56 Å². The first-order chi connectivity index (χ1) is 10.4. The number of rotatable bonds is 4. The summed E-state index contributed by atoms with van der Waals surface area (Å²) in [4.78, 5) is 0. The second kappa shape index (κ2) is 7.09. The van der Waals surface area contributed by atoms with E-state index in [1.165, 1.54) is 49.3 Å². The lowest BCUT2D eigenvalue weighted by Crippen LogP contribution is -2.34. The molecule has 1 aliphatic carbocycles. The minimum Gasteiger partial charge on any atom is -0.313 e. The van der Waals surface area contributed by atoms with E-state index in [0.29, 0.717) is 12.0 Å². The molecule has 1 saturated carbocycles. The van der Waals surface area contributed by atoms with Crippen LogP contribution in [0.25, 0.3) is 10.8 Å². The van der Waals surface area contributed by atoms with E-state index in [2.05, 4.69) is 54.7 Å². The Morgan fingerprint density at radius 2 is 1.76 bits per heavy atom. The van der Waals surface area contributed by atoms with Crippen molar-refractivity contribution in [2.75, 3.05) is 6.54 Å². The van der Waals surface area contributed by atoms with E-state index < -0.39 is 0 Å². The van der Waals surface area contributed by atoms with Gasteiger partial charge in [0.1, 0.15) is 0 Å². The van der Waals surface area contributed by atoms with E-state index in [1.807, 2.05) is 0 Å². The zero-order valence-corrected chi connectivity index (χ0v) is 13.1. The van der Waals surface area contributed by atoms with Crippen LogP contribution in [0.5, 0.6) is 0 Å². The summed E-state index contributed by atoms with van der Waals surface area (Å²) in [7, 11) is 0. The van der Waals surface area contributed by atoms with E-state index in [0.717, 1.165) is 6.54 Å². The molecular formula is C20H27N. The van der Waals surface area contributed by atoms with Crippen molar-refractivity contribution in [2.45, 2.75) is 57.4 Å². The Bertz CT molecular complexity index is 570. The average molecular weight is 281 g/mol. The predicted molar refractivity (Wildman–Crippen MR) is 91.9 cm³/mol. The summed E-state index contributed by atoms with van der Waals surface area (Å²) in [6.45, 7) is 3.41. The summed E-state index contributed by atoms with van der Waals surface area (Å²) < 4.78 is 0. The summed E-state index contributed by atoms with van der Waals surface area (Å²) in [5, 5.41) is 6.66. The highest BCUT2D eigenvalue weighted by atomic mass is 14.9. The van der Waals surface area contributed by atoms with Gasteiger partial charge in [-0.25, -0.2) is 0 Å². The van der Waals surface area contributed by atoms with Gasteiger partial charge in [0.15, 0.2) is 0 Å². The van der Waals surface area contributed by atoms with Crippen LogP contribution in [-0.2, 0) is 0 Å². The molecule has 2 aromatic rings. The Morgan fingerprint density at radius 3 is 2.67 bits per heavy atom. The van der Waals surface area contributed by atoms with Gasteiger partial charge < -0.3 is 5.32 Å². The molecule has 0 bridgehead atoms. The summed E-state index contributed by atoms with van der Waals surface area (Å²) >= 11 is 0. The van der Waals surface area contributed by atoms with Crippen LogP contribution in [0.1, 0.15) is 56.9 Å². The Labute approximate surface area is 128 Å². The number of nitrogens with one attached hydrogen (secondary N) is 1. The molecule has 2 atom stereocenters. The van der Waals surface area contributed by atoms with Crippen LogP contribution < -0.4 is 5.32 Å². The molecule has 0 aromatic heterocycles. The molecule has 112 valence electrons. The van der Waals surface area contributed by atoms with Gasteiger partial charge in [-0.1, -0.05) is 68.7 Å². The van der Waals surface area contributed by atoms with Crippen molar-refractivity contribution in [1.82, 2.24) is 5.32 Å². The van der Waals surface area contributed by atoms with Gasteiger partial charge in [-0.2, -0.15) is 0 Å². The first-order valence-corrected chi connectivity index (χ1v) is 8.61. The summed E-state index contributed by atoms with van der Waals surface area (Å²) in [5.74, 6) is 0.671. The maximum atomic E-state index is 3.82. The third kappa shape index (κ3) is 3.29. The molecule has 1 N–H and O–H groups in total. The highest BCUT2D eigenvalue weighted by molar-refractivity contribution is 5.86. The quantitative estimate of drug-likeness (QED) is 0.754. The van der Waals surface area contributed by atoms with Gasteiger partial charge in [-0.3, -0.25) is 0 Å². The molecule has 3 rings (SSSR count). The van der Waals surface area contributed by atoms with E-state index in [4.69, 9.17) is 0 Å². The molecule has 1 heteroatoms. The van der Waals surface area contributed by atoms with Crippen LogP contribution in [0, 0.1) is 0 Å². The van der Waals surface area contributed by atoms with Crippen LogP contribution in [0.15, 0.2) is 42.5 Å². The number of hydrogen-bond acceptors (Lipinski definition) is 1. The van der Waals surface area contributed by atoms with Crippen LogP contribution in [0.3, 0.4) is 0 Å². The highest BCUT2D eigenvalue weighted by Crippen LogP contribution is 2.35. The summed E-state index contributed by atoms with van der Waals surface area (Å²) in [5.41, 5.74) is 1.56. The Morgan fingerprint density at radius 1 is 0.952 bits per heavy atom. The SMILES string of the molecule is CCCNC1CCCCCC1c1cccc2ccccc12. The van der Waals surface area contributed by atoms with E-state index in [-0.39, 0.29) is 0 Å². The predicted octanol–water partition coefficient (Wildman–Crippen LogP) is 5.26. The van der Waals surface area contributed by atoms with Crippen molar-refractivity contribution >= 4 is 10.8 Å². The largest absolute Gasteiger partial charge is 0.313 e. The molecule has 0 saturated heterocycles. The van der Waals surface area contributed by atoms with Crippen LogP contribution in [0.2, 0.25) is 0 Å². The van der Waals surface area contributed by atoms with Gasteiger partial charge in [0.25, 0.3) is 0 Å². The molecule has 0 spiro atoms. The highest BCUT2D eigenvalue weighted by Gasteiger charge is 2.25. The van der Waals surface area contributed by atoms with Gasteiger partial charge in [-0.15, -0.1) is 0 Å². The fourth-order valence-corrected chi connectivity index (χ4v) is 3.83. The summed E-state index contributed by atoms with van der Waals surface area (Å²) in [6.07, 6.45) is 8.02. The Kier molecular flexibility index (Phi) is 4.92. The maximum absolute atomic E-state index is 3.82. The van der Waals surface area contributed by atoms with Crippen molar-refractivity contribution in [2.24, 2.45) is 0 Å². The molecule has 0 heterocycles. The maximum Gasteiger partial charge on any atom is 0.0136 e. The minimum absolute atomic E-state index is 0.651. The third-order valence-corrected chi connectivity index (χ3v) is 4.90. The molecule has 0 amide bonds. The molecule has 2 unspecified atom stereocenters. The molecule has 0 radical (unpaired) electrons. The first kappa shape index (κ1) is 14.6. The lowest BCUT2D eigenvalue weighted by Gasteiger charge is -2.28. The molecule has 21 heavy (non-hydrogen) atoms. The Hall–Kier alpha value is -1.34. The lowest BCUT2D eigenvalue weighted by molar-refractivity contribution is 0.412. The topological polar surface area (TPSA) is 12.0 Å². The second-order valence-corrected chi connectivity index (χ2v) is 6.37. The van der Waals surface area contributed by atoms with Crippen molar-refractivity contribution < 1.29 is 0 Å². The van der Waals surface area contributed by atoms with Gasteiger partial charge in [0.2, 0.25) is 0 Å². The van der Waals surface area contributed by atoms with Crippen LogP contribution in [0.4, 0.5) is 0 Å². The zero-order valence-electron chi connectivity index (χ0n) is 13.1. The number of benzene rings is 2. The second-order valence-electron chi connectivity index (χ2n) is 6.37. The average Bonchev–Trinajstić information content (AvgIpc) is 2.77. The van der Waals surface area contributed by atoms with Crippen molar-refractivity contribution in [1.29, 1.82) is 0 Å². The fourth-order valence-electron chi connectivity index (χ4n) is 3.83. The molecule has 0 aliphatic heterocycles. The standard InChI is InChI=1S/C20H27N/c1-2-15-21-20-14-5-3-4-12-19(20)18-13-8-10-16-9-6-7-11-17(16)18/h6-11,13,19-21H,2-5,12,14-15H2,1H3. The molecular weight excluding hydrogens is 254 g/mol. The number of hydrogen-bond donors (Lipinski definition) is 1. The van der Waals surface area contributed by atoms with Crippen molar-refractivity contribution in [3.63, 3.8) is 0 Å². The van der Waals surface area contributed by atoms with Crippen LogP contribution in [-0.4, -0.2) is 12.6 Å². The van der Waals surface area contributed by atoms with Crippen LogP contribution >= 0.6 is 0 Å². The van der Waals surface area contributed by atoms with E-state index in [9.17, 15) is 0 Å². The van der Waals surface area contributed by atoms with Gasteiger partial charge in [-0.05, 0) is 48.1 Å². The lowest BCUT2D eigenvalue weighted by atomic mass is 9.84. The fraction of sp³-hybridized carbons (Fsp3) is 0.500.